The highest BCUT2D eigenvalue weighted by Crippen LogP contribution is 2.26. The van der Waals surface area contributed by atoms with E-state index in [0.717, 1.165) is 38.2 Å². The first-order chi connectivity index (χ1) is 9.33. The molecule has 1 aliphatic heterocycles. The second-order valence-electron chi connectivity index (χ2n) is 5.04. The van der Waals surface area contributed by atoms with Gasteiger partial charge >= 0.3 is 0 Å². The Morgan fingerprint density at radius 3 is 3.16 bits per heavy atom. The van der Waals surface area contributed by atoms with Crippen LogP contribution in [-0.2, 0) is 26.4 Å². The SMILES string of the molecule is Cn1ccc(CCNCc2cccc3c2NCC3)n1. The van der Waals surface area contributed by atoms with E-state index in [1.165, 1.54) is 16.8 Å². The number of para-hydroxylation sites is 1. The van der Waals surface area contributed by atoms with E-state index in [2.05, 4.69) is 40.0 Å². The van der Waals surface area contributed by atoms with E-state index in [1.54, 1.807) is 0 Å². The third kappa shape index (κ3) is 2.79. The molecule has 0 unspecified atom stereocenters. The topological polar surface area (TPSA) is 41.9 Å². The monoisotopic (exact) mass is 256 g/mol. The Balaban J connectivity index is 1.52. The summed E-state index contributed by atoms with van der Waals surface area (Å²) >= 11 is 0. The smallest absolute Gasteiger partial charge is 0.0637 e. The van der Waals surface area contributed by atoms with E-state index < -0.39 is 0 Å². The van der Waals surface area contributed by atoms with E-state index in [9.17, 15) is 0 Å². The molecule has 4 heteroatoms. The zero-order valence-electron chi connectivity index (χ0n) is 11.3. The quantitative estimate of drug-likeness (QED) is 0.800. The fourth-order valence-electron chi connectivity index (χ4n) is 2.59. The minimum absolute atomic E-state index is 0.920. The van der Waals surface area contributed by atoms with Gasteiger partial charge in [-0.15, -0.1) is 0 Å². The average Bonchev–Trinajstić information content (AvgIpc) is 3.03. The lowest BCUT2D eigenvalue weighted by atomic mass is 10.1. The van der Waals surface area contributed by atoms with Crippen LogP contribution >= 0.6 is 0 Å². The van der Waals surface area contributed by atoms with Crippen LogP contribution in [0.2, 0.25) is 0 Å². The van der Waals surface area contributed by atoms with Crippen LogP contribution in [0.4, 0.5) is 5.69 Å². The standard InChI is InChI=1S/C15H20N4/c1-19-10-7-14(18-19)6-8-16-11-13-4-2-3-12-5-9-17-15(12)13/h2-4,7,10,16-17H,5-6,8-9,11H2,1H3. The molecule has 0 bridgehead atoms. The van der Waals surface area contributed by atoms with E-state index in [-0.39, 0.29) is 0 Å². The van der Waals surface area contributed by atoms with Gasteiger partial charge in [0.05, 0.1) is 5.69 Å². The highest BCUT2D eigenvalue weighted by atomic mass is 15.2. The number of hydrogen-bond donors (Lipinski definition) is 2. The molecule has 0 spiro atoms. The molecule has 0 saturated carbocycles. The molecule has 0 fully saturated rings. The Bertz CT molecular complexity index is 559. The van der Waals surface area contributed by atoms with Gasteiger partial charge in [-0.1, -0.05) is 18.2 Å². The van der Waals surface area contributed by atoms with E-state index in [0.29, 0.717) is 0 Å². The van der Waals surface area contributed by atoms with Crippen molar-refractivity contribution in [3.05, 3.63) is 47.3 Å². The zero-order valence-corrected chi connectivity index (χ0v) is 11.3. The number of aromatic nitrogens is 2. The van der Waals surface area contributed by atoms with Crippen molar-refractivity contribution in [1.29, 1.82) is 0 Å². The molecule has 19 heavy (non-hydrogen) atoms. The van der Waals surface area contributed by atoms with Crippen molar-refractivity contribution in [2.45, 2.75) is 19.4 Å². The van der Waals surface area contributed by atoms with Crippen molar-refractivity contribution in [3.8, 4) is 0 Å². The molecule has 1 aromatic heterocycles. The van der Waals surface area contributed by atoms with Crippen LogP contribution in [0.15, 0.2) is 30.5 Å². The number of fused-ring (bicyclic) bond motifs is 1. The number of nitrogens with zero attached hydrogens (tertiary/aromatic N) is 2. The minimum atomic E-state index is 0.920. The zero-order chi connectivity index (χ0) is 13.1. The largest absolute Gasteiger partial charge is 0.384 e. The van der Waals surface area contributed by atoms with Crippen LogP contribution in [0.25, 0.3) is 0 Å². The number of anilines is 1. The van der Waals surface area contributed by atoms with Crippen LogP contribution in [0.1, 0.15) is 16.8 Å². The van der Waals surface area contributed by atoms with Crippen LogP contribution in [-0.4, -0.2) is 22.9 Å². The number of benzene rings is 1. The van der Waals surface area contributed by atoms with Gasteiger partial charge in [-0.2, -0.15) is 5.10 Å². The van der Waals surface area contributed by atoms with E-state index >= 15 is 0 Å². The molecule has 2 aromatic rings. The first-order valence-corrected chi connectivity index (χ1v) is 6.87. The number of nitrogens with one attached hydrogen (secondary N) is 2. The number of aryl methyl sites for hydroxylation is 1. The molecule has 0 atom stereocenters. The second kappa shape index (κ2) is 5.45. The van der Waals surface area contributed by atoms with Gasteiger partial charge < -0.3 is 10.6 Å². The molecule has 1 aromatic carbocycles. The van der Waals surface area contributed by atoms with Crippen molar-refractivity contribution in [2.75, 3.05) is 18.4 Å². The van der Waals surface area contributed by atoms with Gasteiger partial charge in [0.1, 0.15) is 0 Å². The van der Waals surface area contributed by atoms with Crippen molar-refractivity contribution in [2.24, 2.45) is 7.05 Å². The van der Waals surface area contributed by atoms with Gasteiger partial charge in [0.25, 0.3) is 0 Å². The van der Waals surface area contributed by atoms with Crippen molar-refractivity contribution in [1.82, 2.24) is 15.1 Å². The van der Waals surface area contributed by atoms with Gasteiger partial charge in [-0.3, -0.25) is 4.68 Å². The molecular weight excluding hydrogens is 236 g/mol. The van der Waals surface area contributed by atoms with E-state index in [4.69, 9.17) is 0 Å². The summed E-state index contributed by atoms with van der Waals surface area (Å²) in [5.74, 6) is 0. The van der Waals surface area contributed by atoms with Crippen LogP contribution in [0.3, 0.4) is 0 Å². The summed E-state index contributed by atoms with van der Waals surface area (Å²) < 4.78 is 1.85. The maximum absolute atomic E-state index is 4.38. The van der Waals surface area contributed by atoms with Crippen molar-refractivity contribution < 1.29 is 0 Å². The molecule has 4 nitrogen and oxygen atoms in total. The molecule has 2 N–H and O–H groups in total. The predicted octanol–water partition coefficient (Wildman–Crippen LogP) is 1.72. The summed E-state index contributed by atoms with van der Waals surface area (Å²) in [6.45, 7) is 2.95. The normalized spacial score (nSPS) is 13.3. The lowest BCUT2D eigenvalue weighted by molar-refractivity contribution is 0.666. The Kier molecular flexibility index (Phi) is 3.51. The first kappa shape index (κ1) is 12.2. The van der Waals surface area contributed by atoms with Gasteiger partial charge in [-0.25, -0.2) is 0 Å². The highest BCUT2D eigenvalue weighted by molar-refractivity contribution is 5.61. The van der Waals surface area contributed by atoms with Gasteiger partial charge in [0, 0.05) is 45.0 Å². The molecule has 2 heterocycles. The fraction of sp³-hybridized carbons (Fsp3) is 0.400. The average molecular weight is 256 g/mol. The number of rotatable bonds is 5. The molecule has 0 radical (unpaired) electrons. The summed E-state index contributed by atoms with van der Waals surface area (Å²) in [7, 11) is 1.95. The maximum Gasteiger partial charge on any atom is 0.0637 e. The van der Waals surface area contributed by atoms with Gasteiger partial charge in [0.2, 0.25) is 0 Å². The third-order valence-corrected chi connectivity index (χ3v) is 3.58. The Labute approximate surface area is 113 Å². The highest BCUT2D eigenvalue weighted by Gasteiger charge is 2.12. The Hall–Kier alpha value is -1.81. The minimum Gasteiger partial charge on any atom is -0.384 e. The first-order valence-electron chi connectivity index (χ1n) is 6.87. The fourth-order valence-corrected chi connectivity index (χ4v) is 2.59. The molecule has 0 saturated heterocycles. The van der Waals surface area contributed by atoms with Crippen molar-refractivity contribution >= 4 is 5.69 Å². The molecule has 0 amide bonds. The third-order valence-electron chi connectivity index (χ3n) is 3.58. The lowest BCUT2D eigenvalue weighted by Gasteiger charge is -2.09. The predicted molar refractivity (Wildman–Crippen MR) is 77.3 cm³/mol. The van der Waals surface area contributed by atoms with Crippen LogP contribution < -0.4 is 10.6 Å². The Morgan fingerprint density at radius 1 is 1.37 bits per heavy atom. The summed E-state index contributed by atoms with van der Waals surface area (Å²) in [4.78, 5) is 0. The van der Waals surface area contributed by atoms with E-state index in [1.807, 2.05) is 17.9 Å². The summed E-state index contributed by atoms with van der Waals surface area (Å²) in [6.07, 6.45) is 4.11. The van der Waals surface area contributed by atoms with Crippen molar-refractivity contribution in [3.63, 3.8) is 0 Å². The lowest BCUT2D eigenvalue weighted by Crippen LogP contribution is -2.17. The van der Waals surface area contributed by atoms with Gasteiger partial charge in [-0.05, 0) is 23.6 Å². The summed E-state index contributed by atoms with van der Waals surface area (Å²) in [6, 6.07) is 8.64. The van der Waals surface area contributed by atoms with Crippen LogP contribution in [0, 0.1) is 0 Å². The molecule has 3 rings (SSSR count). The molecule has 0 aliphatic carbocycles. The summed E-state index contributed by atoms with van der Waals surface area (Å²) in [5, 5.41) is 11.4. The second-order valence-corrected chi connectivity index (χ2v) is 5.04. The maximum atomic E-state index is 4.38. The Morgan fingerprint density at radius 2 is 2.32 bits per heavy atom. The number of hydrogen-bond acceptors (Lipinski definition) is 3. The molecular formula is C15H20N4. The summed E-state index contributed by atoms with van der Waals surface area (Å²) in [5.41, 5.74) is 5.30. The van der Waals surface area contributed by atoms with Gasteiger partial charge in [0.15, 0.2) is 0 Å². The molecule has 1 aliphatic rings. The molecule has 100 valence electrons. The van der Waals surface area contributed by atoms with Crippen LogP contribution in [0.5, 0.6) is 0 Å².